The van der Waals surface area contributed by atoms with Gasteiger partial charge in [-0.2, -0.15) is 0 Å². The molecule has 23 valence electrons. The third-order valence-corrected chi connectivity index (χ3v) is 0.598. The maximum absolute atomic E-state index is 4.90. The van der Waals surface area contributed by atoms with Crippen molar-refractivity contribution in [1.29, 1.82) is 0 Å². The summed E-state index contributed by atoms with van der Waals surface area (Å²) in [6.45, 7) is 0. The second kappa shape index (κ2) is 3.75. The van der Waals surface area contributed by atoms with Crippen molar-refractivity contribution in [2.75, 3.05) is 4.33 Å². The predicted molar refractivity (Wildman–Crippen MR) is 28.8 cm³/mol. The van der Waals surface area contributed by atoms with Crippen molar-refractivity contribution >= 4 is 30.0 Å². The Labute approximate surface area is 40.4 Å². The zero-order chi connectivity index (χ0) is 3.41. The molecule has 0 saturated carbocycles. The molecule has 0 heterocycles. The molecule has 0 aliphatic heterocycles. The third kappa shape index (κ3) is 2.75. The van der Waals surface area contributed by atoms with E-state index in [1.54, 1.807) is 7.41 Å². The van der Waals surface area contributed by atoms with Crippen LogP contribution in [-0.4, -0.2) is 11.7 Å². The molecule has 0 aliphatic carbocycles. The lowest BCUT2D eigenvalue weighted by molar-refractivity contribution is 1.88. The molecule has 0 aromatic carbocycles. The fraction of sp³-hybridized carbons (Fsp3) is 1.00. The molecule has 0 spiro atoms. The lowest BCUT2D eigenvalue weighted by Crippen LogP contribution is -2.04. The summed E-state index contributed by atoms with van der Waals surface area (Å²) in [5.41, 5.74) is 4.90. The number of hydrogen-bond acceptors (Lipinski definition) is 1. The van der Waals surface area contributed by atoms with Crippen LogP contribution in [-0.2, 0) is 0 Å². The van der Waals surface area contributed by atoms with Gasteiger partial charge in [0.2, 0.25) is 7.41 Å². The molecule has 1 nitrogen and oxygen atoms in total. The molecule has 4 heavy (non-hydrogen) atoms. The quantitative estimate of drug-likeness (QED) is 0.331. The standard InChI is InChI=1S/CH4BIN/c3-1-2-4/h1,4H2. The first-order valence-electron chi connectivity index (χ1n) is 1.01. The summed E-state index contributed by atoms with van der Waals surface area (Å²) in [6, 6.07) is 0. The number of rotatable bonds is 1. The highest BCUT2D eigenvalue weighted by Crippen LogP contribution is 1.67. The molecule has 0 atom stereocenters. The van der Waals surface area contributed by atoms with E-state index in [1.165, 1.54) is 0 Å². The van der Waals surface area contributed by atoms with Crippen LogP contribution in [0.1, 0.15) is 0 Å². The topological polar surface area (TPSA) is 26.0 Å². The molecule has 0 bridgehead atoms. The van der Waals surface area contributed by atoms with Gasteiger partial charge in [0.15, 0.2) is 0 Å². The predicted octanol–water partition coefficient (Wildman–Crippen LogP) is -0.0432. The van der Waals surface area contributed by atoms with Gasteiger partial charge in [0.05, 0.1) is 0 Å². The zero-order valence-electron chi connectivity index (χ0n) is 2.24. The molecule has 0 fully saturated rings. The van der Waals surface area contributed by atoms with Gasteiger partial charge in [-0.05, 0) is 4.33 Å². The van der Waals surface area contributed by atoms with Crippen molar-refractivity contribution in [3.8, 4) is 0 Å². The molecule has 0 amide bonds. The Balaban J connectivity index is 1.97. The average molecular weight is 168 g/mol. The van der Waals surface area contributed by atoms with Crippen LogP contribution >= 0.6 is 22.6 Å². The summed E-state index contributed by atoms with van der Waals surface area (Å²) in [4.78, 5) is 0. The second-order valence-corrected chi connectivity index (χ2v) is 1.27. The molecule has 0 aromatic heterocycles. The fourth-order valence-corrected chi connectivity index (χ4v) is 0. The Hall–Kier alpha value is 0.755. The number of nitrogens with two attached hydrogens (primary N) is 1. The van der Waals surface area contributed by atoms with Crippen LogP contribution in [0, 0.1) is 0 Å². The van der Waals surface area contributed by atoms with E-state index in [0.717, 1.165) is 4.33 Å². The Morgan fingerprint density at radius 3 is 2.25 bits per heavy atom. The first-order valence-corrected chi connectivity index (χ1v) is 2.53. The minimum atomic E-state index is 0.942. The van der Waals surface area contributed by atoms with Gasteiger partial charge in [0.25, 0.3) is 0 Å². The third-order valence-electron chi connectivity index (χ3n) is 0.0891. The van der Waals surface area contributed by atoms with Crippen LogP contribution in [0.2, 0.25) is 0 Å². The van der Waals surface area contributed by atoms with E-state index in [4.69, 9.17) is 5.64 Å². The second-order valence-electron chi connectivity index (χ2n) is 0.390. The molecule has 0 aliphatic rings. The Morgan fingerprint density at radius 2 is 2.25 bits per heavy atom. The molecule has 1 radical (unpaired) electrons. The van der Waals surface area contributed by atoms with Crippen LogP contribution in [0.3, 0.4) is 0 Å². The molecule has 0 saturated heterocycles. The van der Waals surface area contributed by atoms with Gasteiger partial charge >= 0.3 is 0 Å². The molecular weight excluding hydrogens is 164 g/mol. The summed E-state index contributed by atoms with van der Waals surface area (Å²) < 4.78 is 0.942. The SMILES string of the molecule is N[B]CI. The number of halogens is 1. The first-order chi connectivity index (χ1) is 1.91. The van der Waals surface area contributed by atoms with Crippen molar-refractivity contribution in [3.05, 3.63) is 0 Å². The fourth-order valence-electron chi connectivity index (χ4n) is 0. The van der Waals surface area contributed by atoms with Gasteiger partial charge in [0.1, 0.15) is 0 Å². The molecule has 0 rings (SSSR count). The summed E-state index contributed by atoms with van der Waals surface area (Å²) >= 11 is 2.17. The van der Waals surface area contributed by atoms with Crippen molar-refractivity contribution in [1.82, 2.24) is 0 Å². The van der Waals surface area contributed by atoms with Crippen molar-refractivity contribution < 1.29 is 0 Å². The molecular formula is CH4BIN. The van der Waals surface area contributed by atoms with Crippen LogP contribution in [0.4, 0.5) is 0 Å². The van der Waals surface area contributed by atoms with Crippen molar-refractivity contribution in [2.24, 2.45) is 5.64 Å². The van der Waals surface area contributed by atoms with Crippen molar-refractivity contribution in [2.45, 2.75) is 0 Å². The molecule has 0 aromatic rings. The van der Waals surface area contributed by atoms with Crippen LogP contribution < -0.4 is 5.64 Å². The lowest BCUT2D eigenvalue weighted by atomic mass is 10.0. The highest BCUT2D eigenvalue weighted by atomic mass is 127. The van der Waals surface area contributed by atoms with E-state index in [2.05, 4.69) is 22.6 Å². The van der Waals surface area contributed by atoms with E-state index in [1.807, 2.05) is 0 Å². The zero-order valence-corrected chi connectivity index (χ0v) is 4.40. The maximum Gasteiger partial charge on any atom is 0.213 e. The van der Waals surface area contributed by atoms with Crippen LogP contribution in [0.25, 0.3) is 0 Å². The Morgan fingerprint density at radius 1 is 2.00 bits per heavy atom. The minimum Gasteiger partial charge on any atom is -0.374 e. The number of alkyl halides is 1. The number of hydrogen-bond donors (Lipinski definition) is 1. The Kier molecular flexibility index (Phi) is 4.46. The summed E-state index contributed by atoms with van der Waals surface area (Å²) in [5, 5.41) is 0. The summed E-state index contributed by atoms with van der Waals surface area (Å²) in [5.74, 6) is 0. The van der Waals surface area contributed by atoms with Gasteiger partial charge in [-0.1, -0.05) is 22.6 Å². The van der Waals surface area contributed by atoms with Crippen molar-refractivity contribution in [3.63, 3.8) is 0 Å². The maximum atomic E-state index is 4.90. The smallest absolute Gasteiger partial charge is 0.213 e. The summed E-state index contributed by atoms with van der Waals surface area (Å²) in [7, 11) is 1.61. The average Bonchev–Trinajstić information content (AvgIpc) is 1.37. The monoisotopic (exact) mass is 168 g/mol. The van der Waals surface area contributed by atoms with Gasteiger partial charge in [-0.3, -0.25) is 0 Å². The molecule has 2 N–H and O–H groups in total. The van der Waals surface area contributed by atoms with E-state index in [9.17, 15) is 0 Å². The van der Waals surface area contributed by atoms with E-state index < -0.39 is 0 Å². The largest absolute Gasteiger partial charge is 0.374 e. The van der Waals surface area contributed by atoms with E-state index in [0.29, 0.717) is 0 Å². The van der Waals surface area contributed by atoms with Gasteiger partial charge in [0, 0.05) is 0 Å². The Bertz CT molecular complexity index is 10.0. The minimum absolute atomic E-state index is 0.942. The van der Waals surface area contributed by atoms with Gasteiger partial charge in [-0.15, -0.1) is 0 Å². The summed E-state index contributed by atoms with van der Waals surface area (Å²) in [6.07, 6.45) is 0. The van der Waals surface area contributed by atoms with Gasteiger partial charge < -0.3 is 5.64 Å². The highest BCUT2D eigenvalue weighted by molar-refractivity contribution is 14.1. The highest BCUT2D eigenvalue weighted by Gasteiger charge is 1.64. The molecule has 3 heteroatoms. The van der Waals surface area contributed by atoms with Crippen LogP contribution in [0.15, 0.2) is 0 Å². The molecule has 0 unspecified atom stereocenters. The lowest BCUT2D eigenvalue weighted by Gasteiger charge is -1.63. The normalized spacial score (nSPS) is 6.50. The van der Waals surface area contributed by atoms with E-state index >= 15 is 0 Å². The van der Waals surface area contributed by atoms with Gasteiger partial charge in [-0.25, -0.2) is 0 Å². The first kappa shape index (κ1) is 4.75. The van der Waals surface area contributed by atoms with E-state index in [-0.39, 0.29) is 0 Å². The van der Waals surface area contributed by atoms with Crippen LogP contribution in [0.5, 0.6) is 0 Å².